The maximum absolute atomic E-state index is 13.6. The van der Waals surface area contributed by atoms with E-state index in [4.69, 9.17) is 21.1 Å². The third kappa shape index (κ3) is 3.83. The minimum atomic E-state index is -0.876. The highest BCUT2D eigenvalue weighted by Crippen LogP contribution is 2.26. The minimum Gasteiger partial charge on any atom is -0.508 e. The van der Waals surface area contributed by atoms with Crippen LogP contribution in [0.25, 0.3) is 11.5 Å². The van der Waals surface area contributed by atoms with Crippen LogP contribution in [0, 0.1) is 11.6 Å². The number of phenols is 1. The van der Waals surface area contributed by atoms with Crippen molar-refractivity contribution in [1.82, 2.24) is 10.3 Å². The molecule has 26 heavy (non-hydrogen) atoms. The number of hydrogen-bond acceptors (Lipinski definition) is 4. The first-order valence-electron chi connectivity index (χ1n) is 7.61. The van der Waals surface area contributed by atoms with Crippen molar-refractivity contribution in [2.24, 2.45) is 0 Å². The van der Waals surface area contributed by atoms with Gasteiger partial charge in [-0.05, 0) is 18.6 Å². The molecule has 134 valence electrons. The second kappa shape index (κ2) is 7.53. The number of oxazole rings is 1. The molecule has 0 atom stereocenters. The second-order valence-electron chi connectivity index (χ2n) is 5.41. The summed E-state index contributed by atoms with van der Waals surface area (Å²) in [6.45, 7) is -0.0221. The summed E-state index contributed by atoms with van der Waals surface area (Å²) in [5.41, 5.74) is 0.341. The fourth-order valence-corrected chi connectivity index (χ4v) is 2.57. The fourth-order valence-electron chi connectivity index (χ4n) is 2.36. The van der Waals surface area contributed by atoms with Crippen LogP contribution in [0.2, 0.25) is 5.02 Å². The largest absolute Gasteiger partial charge is 0.508 e. The number of hydrogen-bond donors (Lipinski definition) is 2. The normalized spacial score (nSPS) is 10.7. The van der Waals surface area contributed by atoms with E-state index in [0.29, 0.717) is 10.6 Å². The van der Waals surface area contributed by atoms with Crippen LogP contribution in [0.3, 0.4) is 0 Å². The van der Waals surface area contributed by atoms with E-state index < -0.39 is 23.3 Å². The molecule has 2 aromatic carbocycles. The number of benzene rings is 2. The Morgan fingerprint density at radius 1 is 1.23 bits per heavy atom. The topological polar surface area (TPSA) is 75.4 Å². The van der Waals surface area contributed by atoms with Crippen molar-refractivity contribution in [2.75, 3.05) is 6.54 Å². The molecular weight excluding hydrogens is 366 g/mol. The summed E-state index contributed by atoms with van der Waals surface area (Å²) in [6, 6.07) is 8.51. The van der Waals surface area contributed by atoms with Gasteiger partial charge in [-0.2, -0.15) is 0 Å². The molecule has 1 heterocycles. The Balaban J connectivity index is 1.64. The molecule has 0 saturated heterocycles. The average Bonchev–Trinajstić information content (AvgIpc) is 3.07. The third-order valence-corrected chi connectivity index (χ3v) is 3.96. The zero-order valence-corrected chi connectivity index (χ0v) is 14.1. The van der Waals surface area contributed by atoms with Gasteiger partial charge < -0.3 is 14.8 Å². The van der Waals surface area contributed by atoms with Gasteiger partial charge in [-0.25, -0.2) is 13.8 Å². The Kier molecular flexibility index (Phi) is 5.18. The smallest absolute Gasteiger partial charge is 0.273 e. The fraction of sp³-hybridized carbons (Fsp3) is 0.111. The maximum atomic E-state index is 13.6. The summed E-state index contributed by atoms with van der Waals surface area (Å²) >= 11 is 6.05. The standard InChI is InChI=1S/C18H13ClF2N2O3/c19-13-4-2-1-3-11(13)18-23-16(9-26-18)17(25)22-6-5-12-14(20)7-10(24)8-15(12)21/h1-4,7-9,24H,5-6H2,(H,22,25). The summed E-state index contributed by atoms with van der Waals surface area (Å²) in [6.07, 6.45) is 1.09. The van der Waals surface area contributed by atoms with Crippen LogP contribution in [-0.2, 0) is 6.42 Å². The number of amides is 1. The molecule has 5 nitrogen and oxygen atoms in total. The van der Waals surface area contributed by atoms with Gasteiger partial charge in [-0.1, -0.05) is 23.7 Å². The molecule has 1 amide bonds. The van der Waals surface area contributed by atoms with Gasteiger partial charge in [0.2, 0.25) is 5.89 Å². The highest BCUT2D eigenvalue weighted by atomic mass is 35.5. The number of halogens is 3. The number of phenolic OH excluding ortho intramolecular Hbond substituents is 1. The molecule has 1 aromatic heterocycles. The van der Waals surface area contributed by atoms with Gasteiger partial charge in [0.25, 0.3) is 5.91 Å². The number of aromatic hydroxyl groups is 1. The van der Waals surface area contributed by atoms with E-state index in [1.54, 1.807) is 24.3 Å². The van der Waals surface area contributed by atoms with E-state index >= 15 is 0 Å². The van der Waals surface area contributed by atoms with Gasteiger partial charge in [0.1, 0.15) is 23.6 Å². The predicted molar refractivity (Wildman–Crippen MR) is 91.0 cm³/mol. The number of carbonyl (C=O) groups excluding carboxylic acids is 1. The average molecular weight is 379 g/mol. The molecule has 0 aliphatic heterocycles. The number of nitrogens with zero attached hydrogens (tertiary/aromatic N) is 1. The van der Waals surface area contributed by atoms with Crippen molar-refractivity contribution in [3.05, 3.63) is 70.6 Å². The van der Waals surface area contributed by atoms with E-state index in [1.165, 1.54) is 6.26 Å². The van der Waals surface area contributed by atoms with Crippen LogP contribution in [0.4, 0.5) is 8.78 Å². The highest BCUT2D eigenvalue weighted by Gasteiger charge is 2.16. The highest BCUT2D eigenvalue weighted by molar-refractivity contribution is 6.33. The monoisotopic (exact) mass is 378 g/mol. The zero-order valence-electron chi connectivity index (χ0n) is 13.3. The first kappa shape index (κ1) is 17.9. The van der Waals surface area contributed by atoms with Gasteiger partial charge in [0, 0.05) is 24.2 Å². The van der Waals surface area contributed by atoms with Gasteiger partial charge >= 0.3 is 0 Å². The Bertz CT molecular complexity index is 936. The SMILES string of the molecule is O=C(NCCc1c(F)cc(O)cc1F)c1coc(-c2ccccc2Cl)n1. The van der Waals surface area contributed by atoms with Crippen LogP contribution >= 0.6 is 11.6 Å². The lowest BCUT2D eigenvalue weighted by Gasteiger charge is -2.06. The second-order valence-corrected chi connectivity index (χ2v) is 5.82. The molecule has 8 heteroatoms. The summed E-state index contributed by atoms with van der Waals surface area (Å²) in [7, 11) is 0. The lowest BCUT2D eigenvalue weighted by Crippen LogP contribution is -2.26. The van der Waals surface area contributed by atoms with Crippen molar-refractivity contribution in [2.45, 2.75) is 6.42 Å². The Hall–Kier alpha value is -2.93. The molecule has 0 unspecified atom stereocenters. The van der Waals surface area contributed by atoms with Crippen LogP contribution in [0.1, 0.15) is 16.1 Å². The summed E-state index contributed by atoms with van der Waals surface area (Å²) < 4.78 is 32.5. The molecule has 3 rings (SSSR count). The number of carbonyl (C=O) groups is 1. The van der Waals surface area contributed by atoms with E-state index in [-0.39, 0.29) is 30.1 Å². The van der Waals surface area contributed by atoms with Gasteiger partial charge in [0.05, 0.1) is 10.6 Å². The van der Waals surface area contributed by atoms with Crippen molar-refractivity contribution in [1.29, 1.82) is 0 Å². The predicted octanol–water partition coefficient (Wildman–Crippen LogP) is 3.95. The number of rotatable bonds is 5. The maximum Gasteiger partial charge on any atom is 0.273 e. The molecule has 0 aliphatic carbocycles. The minimum absolute atomic E-state index is 0.0200. The molecule has 3 aromatic rings. The Morgan fingerprint density at radius 2 is 1.92 bits per heavy atom. The van der Waals surface area contributed by atoms with E-state index in [9.17, 15) is 13.6 Å². The Morgan fingerprint density at radius 3 is 2.62 bits per heavy atom. The zero-order chi connectivity index (χ0) is 18.7. The molecule has 2 N–H and O–H groups in total. The number of aromatic nitrogens is 1. The molecule has 0 saturated carbocycles. The summed E-state index contributed by atoms with van der Waals surface area (Å²) in [5, 5.41) is 12.1. The van der Waals surface area contributed by atoms with Gasteiger partial charge in [-0.15, -0.1) is 0 Å². The molecule has 0 bridgehead atoms. The lowest BCUT2D eigenvalue weighted by molar-refractivity contribution is 0.0949. The summed E-state index contributed by atoms with van der Waals surface area (Å²) in [4.78, 5) is 16.2. The van der Waals surface area contributed by atoms with Crippen LogP contribution in [0.5, 0.6) is 5.75 Å². The first-order chi connectivity index (χ1) is 12.5. The Labute approximate surface area is 152 Å². The molecule has 0 aliphatic rings. The van der Waals surface area contributed by atoms with Crippen LogP contribution < -0.4 is 5.32 Å². The molecule has 0 radical (unpaired) electrons. The van der Waals surface area contributed by atoms with E-state index in [1.807, 2.05) is 0 Å². The third-order valence-electron chi connectivity index (χ3n) is 3.63. The number of nitrogens with one attached hydrogen (secondary N) is 1. The molecule has 0 fully saturated rings. The van der Waals surface area contributed by atoms with Crippen LogP contribution in [0.15, 0.2) is 47.1 Å². The van der Waals surface area contributed by atoms with E-state index in [0.717, 1.165) is 12.1 Å². The first-order valence-corrected chi connectivity index (χ1v) is 7.99. The van der Waals surface area contributed by atoms with Crippen molar-refractivity contribution >= 4 is 17.5 Å². The van der Waals surface area contributed by atoms with Crippen LogP contribution in [-0.4, -0.2) is 22.5 Å². The van der Waals surface area contributed by atoms with Crippen molar-refractivity contribution in [3.63, 3.8) is 0 Å². The van der Waals surface area contributed by atoms with Crippen molar-refractivity contribution < 1.29 is 23.1 Å². The lowest BCUT2D eigenvalue weighted by atomic mass is 10.1. The molecular formula is C18H13ClF2N2O3. The van der Waals surface area contributed by atoms with E-state index in [2.05, 4.69) is 10.3 Å². The van der Waals surface area contributed by atoms with Gasteiger partial charge in [0.15, 0.2) is 5.69 Å². The van der Waals surface area contributed by atoms with Gasteiger partial charge in [-0.3, -0.25) is 4.79 Å². The molecule has 0 spiro atoms. The van der Waals surface area contributed by atoms with Crippen molar-refractivity contribution in [3.8, 4) is 17.2 Å². The quantitative estimate of drug-likeness (QED) is 0.705. The summed E-state index contributed by atoms with van der Waals surface area (Å²) in [5.74, 6) is -2.61.